The zero-order valence-electron chi connectivity index (χ0n) is 15.9. The van der Waals surface area contributed by atoms with Crippen molar-refractivity contribution in [2.75, 3.05) is 25.5 Å². The SMILES string of the molecule is CN(C)S(=O)(=O)c1ccc(N2CC3(O)CC2C3)c(-c2cc3ccccc3[nH]2)c1. The summed E-state index contributed by atoms with van der Waals surface area (Å²) in [5.74, 6) is 0. The van der Waals surface area contributed by atoms with Crippen LogP contribution in [-0.4, -0.2) is 55.1 Å². The zero-order chi connectivity index (χ0) is 19.7. The molecule has 7 heteroatoms. The highest BCUT2D eigenvalue weighted by atomic mass is 32.2. The molecule has 2 saturated heterocycles. The van der Waals surface area contributed by atoms with Crippen LogP contribution in [0.3, 0.4) is 0 Å². The van der Waals surface area contributed by atoms with Crippen molar-refractivity contribution in [2.24, 2.45) is 0 Å². The van der Waals surface area contributed by atoms with E-state index >= 15 is 0 Å². The number of anilines is 1. The minimum Gasteiger partial charge on any atom is -0.388 e. The van der Waals surface area contributed by atoms with Gasteiger partial charge in [-0.05, 0) is 43.2 Å². The summed E-state index contributed by atoms with van der Waals surface area (Å²) in [4.78, 5) is 5.90. The average molecular weight is 398 g/mol. The summed E-state index contributed by atoms with van der Waals surface area (Å²) in [5, 5.41) is 11.6. The monoisotopic (exact) mass is 397 g/mol. The minimum absolute atomic E-state index is 0.264. The molecule has 2 aromatic carbocycles. The molecule has 0 atom stereocenters. The first-order valence-electron chi connectivity index (χ1n) is 9.41. The van der Waals surface area contributed by atoms with Gasteiger partial charge in [0.25, 0.3) is 0 Å². The van der Waals surface area contributed by atoms with Gasteiger partial charge >= 0.3 is 0 Å². The molecule has 6 nitrogen and oxygen atoms in total. The van der Waals surface area contributed by atoms with E-state index in [1.165, 1.54) is 18.4 Å². The molecule has 28 heavy (non-hydrogen) atoms. The first-order valence-corrected chi connectivity index (χ1v) is 10.8. The van der Waals surface area contributed by atoms with E-state index in [9.17, 15) is 13.5 Å². The van der Waals surface area contributed by atoms with Crippen molar-refractivity contribution in [1.82, 2.24) is 9.29 Å². The third kappa shape index (κ3) is 2.57. The van der Waals surface area contributed by atoms with Crippen molar-refractivity contribution in [3.63, 3.8) is 0 Å². The van der Waals surface area contributed by atoms with E-state index in [4.69, 9.17) is 0 Å². The van der Waals surface area contributed by atoms with E-state index < -0.39 is 15.6 Å². The molecule has 2 N–H and O–H groups in total. The lowest BCUT2D eigenvalue weighted by molar-refractivity contribution is 0.00797. The number of aromatic nitrogens is 1. The Kier molecular flexibility index (Phi) is 3.69. The van der Waals surface area contributed by atoms with Crippen LogP contribution in [0.5, 0.6) is 0 Å². The number of fused-ring (bicyclic) bond motifs is 2. The molecule has 3 aromatic rings. The fraction of sp³-hybridized carbons (Fsp3) is 0.333. The summed E-state index contributed by atoms with van der Waals surface area (Å²) in [7, 11) is -0.465. The topological polar surface area (TPSA) is 76.6 Å². The number of H-pyrrole nitrogens is 1. The van der Waals surface area contributed by atoms with Crippen molar-refractivity contribution in [3.8, 4) is 11.3 Å². The molecule has 0 amide bonds. The van der Waals surface area contributed by atoms with Crippen LogP contribution in [-0.2, 0) is 10.0 Å². The lowest BCUT2D eigenvalue weighted by atomic mass is 9.81. The quantitative estimate of drug-likeness (QED) is 0.710. The second-order valence-electron chi connectivity index (χ2n) is 8.15. The van der Waals surface area contributed by atoms with E-state index in [1.807, 2.05) is 30.3 Å². The van der Waals surface area contributed by atoms with E-state index in [-0.39, 0.29) is 4.90 Å². The number of nitrogens with one attached hydrogen (secondary N) is 1. The van der Waals surface area contributed by atoms with Gasteiger partial charge < -0.3 is 15.0 Å². The van der Waals surface area contributed by atoms with E-state index in [1.54, 1.807) is 12.1 Å². The van der Waals surface area contributed by atoms with Gasteiger partial charge in [-0.3, -0.25) is 0 Å². The average Bonchev–Trinajstić information content (AvgIpc) is 3.30. The van der Waals surface area contributed by atoms with E-state index in [0.29, 0.717) is 12.6 Å². The maximum Gasteiger partial charge on any atom is 0.242 e. The van der Waals surface area contributed by atoms with Crippen LogP contribution in [0.4, 0.5) is 5.69 Å². The third-order valence-corrected chi connectivity index (χ3v) is 7.82. The fourth-order valence-electron chi connectivity index (χ4n) is 4.47. The summed E-state index contributed by atoms with van der Waals surface area (Å²) in [6.07, 6.45) is 1.55. The van der Waals surface area contributed by atoms with Crippen molar-refractivity contribution in [2.45, 2.75) is 29.4 Å². The Bertz CT molecular complexity index is 1140. The van der Waals surface area contributed by atoms with Crippen LogP contribution in [0.1, 0.15) is 12.8 Å². The standard InChI is InChI=1S/C21H23N3O3S/c1-23(2)28(26,27)16-7-8-20(24-13-21(25)11-15(24)12-21)17(10-16)19-9-14-5-3-4-6-18(14)22-19/h3-10,15,22,25H,11-13H2,1-2H3. The van der Waals surface area contributed by atoms with Gasteiger partial charge in [0.2, 0.25) is 10.0 Å². The summed E-state index contributed by atoms with van der Waals surface area (Å²) >= 11 is 0. The molecule has 1 saturated carbocycles. The number of hydrogen-bond acceptors (Lipinski definition) is 4. The number of nitrogens with zero attached hydrogens (tertiary/aromatic N) is 2. The molecule has 6 rings (SSSR count). The molecule has 3 fully saturated rings. The second kappa shape index (κ2) is 5.83. The molecule has 0 radical (unpaired) electrons. The Morgan fingerprint density at radius 1 is 1.14 bits per heavy atom. The lowest BCUT2D eigenvalue weighted by Gasteiger charge is -2.32. The Morgan fingerprint density at radius 2 is 1.89 bits per heavy atom. The number of rotatable bonds is 4. The van der Waals surface area contributed by atoms with Crippen molar-refractivity contribution >= 4 is 26.6 Å². The summed E-state index contributed by atoms with van der Waals surface area (Å²) in [6.45, 7) is 0.588. The molecule has 3 heterocycles. The molecule has 1 aromatic heterocycles. The van der Waals surface area contributed by atoms with Gasteiger partial charge in [-0.2, -0.15) is 0 Å². The molecule has 0 unspecified atom stereocenters. The first-order chi connectivity index (χ1) is 13.3. The molecule has 146 valence electrons. The maximum atomic E-state index is 12.7. The Balaban J connectivity index is 1.69. The number of aliphatic hydroxyl groups is 1. The zero-order valence-corrected chi connectivity index (χ0v) is 16.7. The normalized spacial score (nSPS) is 24.1. The molecule has 1 aliphatic carbocycles. The van der Waals surface area contributed by atoms with E-state index in [2.05, 4.69) is 16.0 Å². The molecular weight excluding hydrogens is 374 g/mol. The first kappa shape index (κ1) is 17.7. The summed E-state index contributed by atoms with van der Waals surface area (Å²) in [6, 6.07) is 15.6. The predicted octanol–water partition coefficient (Wildman–Crippen LogP) is 2.80. The molecular formula is C21H23N3O3S. The largest absolute Gasteiger partial charge is 0.388 e. The van der Waals surface area contributed by atoms with Gasteiger partial charge in [0, 0.05) is 54.5 Å². The van der Waals surface area contributed by atoms with Gasteiger partial charge in [0.15, 0.2) is 0 Å². The molecule has 2 aliphatic heterocycles. The smallest absolute Gasteiger partial charge is 0.242 e. The van der Waals surface area contributed by atoms with Crippen LogP contribution in [0.15, 0.2) is 53.4 Å². The molecule has 0 spiro atoms. The highest BCUT2D eigenvalue weighted by molar-refractivity contribution is 7.89. The number of hydrogen-bond donors (Lipinski definition) is 2. The van der Waals surface area contributed by atoms with Crippen LogP contribution in [0.25, 0.3) is 22.2 Å². The van der Waals surface area contributed by atoms with Crippen LogP contribution >= 0.6 is 0 Å². The van der Waals surface area contributed by atoms with Crippen LogP contribution < -0.4 is 4.90 Å². The highest BCUT2D eigenvalue weighted by Gasteiger charge is 2.54. The number of sulfonamides is 1. The van der Waals surface area contributed by atoms with Gasteiger partial charge in [0.1, 0.15) is 0 Å². The summed E-state index contributed by atoms with van der Waals surface area (Å²) in [5.41, 5.74) is 3.09. The Labute approximate surface area is 164 Å². The number of benzene rings is 2. The fourth-order valence-corrected chi connectivity index (χ4v) is 5.39. The Morgan fingerprint density at radius 3 is 2.54 bits per heavy atom. The van der Waals surface area contributed by atoms with Gasteiger partial charge in [-0.1, -0.05) is 18.2 Å². The third-order valence-electron chi connectivity index (χ3n) is 6.01. The minimum atomic E-state index is -3.54. The highest BCUT2D eigenvalue weighted by Crippen LogP contribution is 2.49. The van der Waals surface area contributed by atoms with Gasteiger partial charge in [0.05, 0.1) is 10.5 Å². The predicted molar refractivity (Wildman–Crippen MR) is 110 cm³/mol. The molecule has 2 bridgehead atoms. The molecule has 3 aliphatic rings. The number of aromatic amines is 1. The second-order valence-corrected chi connectivity index (χ2v) is 10.3. The van der Waals surface area contributed by atoms with E-state index in [0.717, 1.165) is 40.7 Å². The lowest BCUT2D eigenvalue weighted by Crippen LogP contribution is -2.40. The van der Waals surface area contributed by atoms with Gasteiger partial charge in [-0.25, -0.2) is 12.7 Å². The Hall–Kier alpha value is -2.35. The van der Waals surface area contributed by atoms with Crippen molar-refractivity contribution < 1.29 is 13.5 Å². The van der Waals surface area contributed by atoms with Crippen molar-refractivity contribution in [3.05, 3.63) is 48.5 Å². The van der Waals surface area contributed by atoms with Gasteiger partial charge in [-0.15, -0.1) is 0 Å². The van der Waals surface area contributed by atoms with Crippen LogP contribution in [0.2, 0.25) is 0 Å². The number of para-hydroxylation sites is 1. The summed E-state index contributed by atoms with van der Waals surface area (Å²) < 4.78 is 26.6. The maximum absolute atomic E-state index is 12.7. The van der Waals surface area contributed by atoms with Crippen molar-refractivity contribution in [1.29, 1.82) is 0 Å². The van der Waals surface area contributed by atoms with Crippen LogP contribution in [0, 0.1) is 0 Å².